The Morgan fingerprint density at radius 3 is 2.44 bits per heavy atom. The highest BCUT2D eigenvalue weighted by molar-refractivity contribution is 7.92. The third kappa shape index (κ3) is 8.01. The number of carbonyl (C=O) groups is 1. The molecule has 0 aromatic heterocycles. The Bertz CT molecular complexity index is 1490. The zero-order chi connectivity index (χ0) is 30.6. The van der Waals surface area contributed by atoms with E-state index in [2.05, 4.69) is 9.62 Å². The van der Waals surface area contributed by atoms with Crippen molar-refractivity contribution in [3.63, 3.8) is 0 Å². The summed E-state index contributed by atoms with van der Waals surface area (Å²) >= 11 is 0. The molecule has 9 nitrogen and oxygen atoms in total. The summed E-state index contributed by atoms with van der Waals surface area (Å²) in [5.41, 5.74) is 2.25. The summed E-state index contributed by atoms with van der Waals surface area (Å²) in [6.07, 6.45) is 0.832. The Hall–Kier alpha value is -3.28. The summed E-state index contributed by atoms with van der Waals surface area (Å²) in [6, 6.07) is 22.5. The summed E-state index contributed by atoms with van der Waals surface area (Å²) in [5.74, 6) is -0.219. The molecule has 3 aromatic carbocycles. The molecule has 0 saturated carbocycles. The molecule has 0 unspecified atom stereocenters. The largest absolute Gasteiger partial charge is 0.459 e. The maximum Gasteiger partial charge on any atom is 0.323 e. The minimum Gasteiger partial charge on any atom is -0.459 e. The normalized spacial score (nSPS) is 23.2. The Labute approximate surface area is 253 Å². The minimum absolute atomic E-state index is 0.0487. The molecule has 2 heterocycles. The third-order valence-corrected chi connectivity index (χ3v) is 8.96. The van der Waals surface area contributed by atoms with Crippen molar-refractivity contribution < 1.29 is 32.5 Å². The van der Waals surface area contributed by atoms with E-state index in [1.165, 1.54) is 0 Å². The van der Waals surface area contributed by atoms with Gasteiger partial charge in [0.1, 0.15) is 11.6 Å². The zero-order valence-electron chi connectivity index (χ0n) is 24.8. The molecule has 43 heavy (non-hydrogen) atoms. The molecular formula is C33H40N2O7S. The lowest BCUT2D eigenvalue weighted by Crippen LogP contribution is -2.45. The number of nitrogens with one attached hydrogen (secondary N) is 1. The van der Waals surface area contributed by atoms with Gasteiger partial charge in [0.05, 0.1) is 23.7 Å². The molecule has 2 fully saturated rings. The number of nitrogens with zero attached hydrogens (tertiary/aromatic N) is 1. The summed E-state index contributed by atoms with van der Waals surface area (Å²) < 4.78 is 47.2. The molecule has 4 atom stereocenters. The lowest BCUT2D eigenvalue weighted by molar-refractivity contribution is -0.253. The number of aliphatic hydroxyl groups excluding tert-OH is 1. The first-order valence-electron chi connectivity index (χ1n) is 14.7. The van der Waals surface area contributed by atoms with Crippen molar-refractivity contribution in [2.45, 2.75) is 81.7 Å². The molecule has 0 radical (unpaired) electrons. The van der Waals surface area contributed by atoms with Crippen LogP contribution in [0.2, 0.25) is 0 Å². The molecule has 0 amide bonds. The number of sulfonamides is 1. The fourth-order valence-electron chi connectivity index (χ4n) is 5.54. The van der Waals surface area contributed by atoms with Crippen molar-refractivity contribution in [2.75, 3.05) is 17.8 Å². The van der Waals surface area contributed by atoms with Gasteiger partial charge in [-0.2, -0.15) is 0 Å². The van der Waals surface area contributed by atoms with Crippen molar-refractivity contribution in [3.05, 3.63) is 95.6 Å². The molecular weight excluding hydrogens is 568 g/mol. The van der Waals surface area contributed by atoms with Crippen molar-refractivity contribution in [3.8, 4) is 0 Å². The van der Waals surface area contributed by atoms with Gasteiger partial charge >= 0.3 is 5.97 Å². The van der Waals surface area contributed by atoms with Crippen LogP contribution in [0.4, 0.5) is 5.69 Å². The Morgan fingerprint density at radius 1 is 1.00 bits per heavy atom. The number of anilines is 1. The second kappa shape index (κ2) is 13.2. The Balaban J connectivity index is 1.38. The van der Waals surface area contributed by atoms with Gasteiger partial charge in [0, 0.05) is 24.2 Å². The number of esters is 1. The first kappa shape index (κ1) is 31.2. The quantitative estimate of drug-likeness (QED) is 0.314. The topological polar surface area (TPSA) is 114 Å². The number of aliphatic hydroxyl groups is 1. The second-order valence-electron chi connectivity index (χ2n) is 12.1. The number of likely N-dealkylation sites (tertiary alicyclic amines) is 1. The monoisotopic (exact) mass is 608 g/mol. The van der Waals surface area contributed by atoms with E-state index in [1.54, 1.807) is 48.5 Å². The van der Waals surface area contributed by atoms with E-state index < -0.39 is 21.9 Å². The highest BCUT2D eigenvalue weighted by atomic mass is 32.2. The molecule has 3 aromatic rings. The van der Waals surface area contributed by atoms with Gasteiger partial charge in [-0.05, 0) is 75.5 Å². The average Bonchev–Trinajstić information content (AvgIpc) is 3.45. The minimum atomic E-state index is -3.78. The van der Waals surface area contributed by atoms with E-state index in [9.17, 15) is 18.3 Å². The highest BCUT2D eigenvalue weighted by Crippen LogP contribution is 2.39. The molecule has 0 spiro atoms. The maximum absolute atomic E-state index is 13.0. The molecule has 2 aliphatic rings. The van der Waals surface area contributed by atoms with Crippen molar-refractivity contribution in [2.24, 2.45) is 0 Å². The predicted molar refractivity (Wildman–Crippen MR) is 163 cm³/mol. The number of ether oxygens (including phenoxy) is 3. The highest BCUT2D eigenvalue weighted by Gasteiger charge is 2.39. The Kier molecular flexibility index (Phi) is 9.53. The maximum atomic E-state index is 13.0. The zero-order valence-corrected chi connectivity index (χ0v) is 25.6. The molecule has 0 aliphatic carbocycles. The number of rotatable bonds is 9. The van der Waals surface area contributed by atoms with Crippen LogP contribution in [0, 0.1) is 0 Å². The lowest BCUT2D eigenvalue weighted by Gasteiger charge is -2.38. The van der Waals surface area contributed by atoms with Crippen LogP contribution in [0.1, 0.15) is 69.1 Å². The summed E-state index contributed by atoms with van der Waals surface area (Å²) in [7, 11) is -3.78. The fraction of sp³-hybridized carbons (Fsp3) is 0.424. The number of hydrogen-bond donors (Lipinski definition) is 2. The van der Waals surface area contributed by atoms with E-state index in [0.717, 1.165) is 30.5 Å². The van der Waals surface area contributed by atoms with E-state index in [0.29, 0.717) is 24.2 Å². The third-order valence-electron chi connectivity index (χ3n) is 7.56. The summed E-state index contributed by atoms with van der Waals surface area (Å²) in [5, 5.41) is 9.51. The van der Waals surface area contributed by atoms with Gasteiger partial charge in [-0.15, -0.1) is 0 Å². The lowest BCUT2D eigenvalue weighted by atomic mass is 9.99. The second-order valence-corrected chi connectivity index (χ2v) is 13.8. The molecule has 2 N–H and O–H groups in total. The predicted octanol–water partition coefficient (Wildman–Crippen LogP) is 5.33. The van der Waals surface area contributed by atoms with Gasteiger partial charge in [-0.3, -0.25) is 14.4 Å². The molecule has 5 rings (SSSR count). The average molecular weight is 609 g/mol. The molecule has 2 saturated heterocycles. The van der Waals surface area contributed by atoms with Crippen molar-refractivity contribution >= 4 is 21.7 Å². The van der Waals surface area contributed by atoms with Crippen LogP contribution in [-0.2, 0) is 35.6 Å². The van der Waals surface area contributed by atoms with Crippen LogP contribution in [0.25, 0.3) is 0 Å². The first-order chi connectivity index (χ1) is 20.5. The van der Waals surface area contributed by atoms with Crippen LogP contribution in [0.15, 0.2) is 83.8 Å². The molecule has 230 valence electrons. The number of carbonyl (C=O) groups excluding carboxylic acids is 1. The van der Waals surface area contributed by atoms with Crippen molar-refractivity contribution in [1.82, 2.24) is 4.90 Å². The van der Waals surface area contributed by atoms with Crippen LogP contribution in [0.3, 0.4) is 0 Å². The molecule has 10 heteroatoms. The van der Waals surface area contributed by atoms with Crippen LogP contribution >= 0.6 is 0 Å². The fourth-order valence-corrected chi connectivity index (χ4v) is 6.61. The molecule has 2 aliphatic heterocycles. The Morgan fingerprint density at radius 2 is 1.74 bits per heavy atom. The van der Waals surface area contributed by atoms with E-state index >= 15 is 0 Å². The van der Waals surface area contributed by atoms with E-state index in [-0.39, 0.29) is 35.7 Å². The van der Waals surface area contributed by atoms with Gasteiger partial charge in [0.2, 0.25) is 0 Å². The molecule has 0 bridgehead atoms. The summed E-state index contributed by atoms with van der Waals surface area (Å²) in [4.78, 5) is 15.3. The first-order valence-corrected chi connectivity index (χ1v) is 16.1. The van der Waals surface area contributed by atoms with E-state index in [1.807, 2.05) is 51.1 Å². The smallest absolute Gasteiger partial charge is 0.323 e. The SMILES string of the molecule is CC(C)(C)OC(=O)[C@@H]1CCCN1C[C@@H]1C[C@H](c2ccc(CO)cc2)O[C@H](c2cccc(NS(=O)(=O)c3ccccc3)c2)O1. The van der Waals surface area contributed by atoms with Gasteiger partial charge in [0.15, 0.2) is 6.29 Å². The van der Waals surface area contributed by atoms with Crippen LogP contribution < -0.4 is 4.72 Å². The van der Waals surface area contributed by atoms with E-state index in [4.69, 9.17) is 14.2 Å². The van der Waals surface area contributed by atoms with Gasteiger partial charge < -0.3 is 19.3 Å². The summed E-state index contributed by atoms with van der Waals surface area (Å²) in [6.45, 7) is 6.86. The van der Waals surface area contributed by atoms with Crippen LogP contribution in [-0.4, -0.2) is 55.2 Å². The van der Waals surface area contributed by atoms with Gasteiger partial charge in [-0.25, -0.2) is 8.42 Å². The number of benzene rings is 3. The number of hydrogen-bond acceptors (Lipinski definition) is 8. The van der Waals surface area contributed by atoms with Crippen LogP contribution in [0.5, 0.6) is 0 Å². The van der Waals surface area contributed by atoms with Gasteiger partial charge in [0.25, 0.3) is 10.0 Å². The van der Waals surface area contributed by atoms with Crippen molar-refractivity contribution in [1.29, 1.82) is 0 Å². The standard InChI is InChI=1S/C33H40N2O7S/c1-33(2,3)42-31(37)29-13-8-18-35(29)21-27-20-30(24-16-14-23(22-36)15-17-24)41-32(40-27)25-9-7-10-26(19-25)34-43(38,39)28-11-5-4-6-12-28/h4-7,9-12,14-17,19,27,29-30,32,34,36H,8,13,18,20-22H2,1-3H3/t27-,29-,30+,32+/m0/s1. The van der Waals surface area contributed by atoms with Gasteiger partial charge in [-0.1, -0.05) is 54.6 Å².